The van der Waals surface area contributed by atoms with Gasteiger partial charge in [-0.3, -0.25) is 10.1 Å². The van der Waals surface area contributed by atoms with Gasteiger partial charge in [0, 0.05) is 32.2 Å². The predicted octanol–water partition coefficient (Wildman–Crippen LogP) is 3.04. The Morgan fingerprint density at radius 1 is 1.38 bits per heavy atom. The van der Waals surface area contributed by atoms with Gasteiger partial charge in [-0.25, -0.2) is 9.48 Å². The molecule has 0 aliphatic rings. The molecule has 24 heavy (non-hydrogen) atoms. The van der Waals surface area contributed by atoms with Gasteiger partial charge in [0.25, 0.3) is 5.69 Å². The quantitative estimate of drug-likeness (QED) is 0.250. The van der Waals surface area contributed by atoms with Crippen molar-refractivity contribution in [3.63, 3.8) is 0 Å². The number of ether oxygens (including phenoxy) is 2. The van der Waals surface area contributed by atoms with Crippen LogP contribution in [-0.2, 0) is 16.2 Å². The van der Waals surface area contributed by atoms with Gasteiger partial charge in [0.15, 0.2) is 5.69 Å². The zero-order valence-corrected chi connectivity index (χ0v) is 15.2. The van der Waals surface area contributed by atoms with Gasteiger partial charge in [0.05, 0.1) is 17.5 Å². The molecule has 0 aliphatic heterocycles. The van der Waals surface area contributed by atoms with E-state index in [1.54, 1.807) is 0 Å². The summed E-state index contributed by atoms with van der Waals surface area (Å²) in [5, 5.41) is 15.7. The largest absolute Gasteiger partial charge is 0.464 e. The van der Waals surface area contributed by atoms with Crippen molar-refractivity contribution in [2.75, 3.05) is 13.7 Å². The summed E-state index contributed by atoms with van der Waals surface area (Å²) < 4.78 is 11.8. The van der Waals surface area contributed by atoms with E-state index in [0.717, 1.165) is 6.04 Å². The van der Waals surface area contributed by atoms with Crippen LogP contribution >= 0.6 is 0 Å². The molecule has 0 fully saturated rings. The molecule has 0 bridgehead atoms. The van der Waals surface area contributed by atoms with Crippen LogP contribution < -0.4 is 0 Å². The standard InChI is InChI=1S/C15H21N3O5Si/c1-22-15(19)14-12-6-5-11(18(20)21)9-13(12)17(16-14)10-23-7-8-24(2,3)4/h5-6,9H,7-8,10H2,1-4H3. The number of nitrogens with zero attached hydrogens (tertiary/aromatic N) is 3. The minimum atomic E-state index is -1.21. The molecule has 0 saturated carbocycles. The Morgan fingerprint density at radius 3 is 2.67 bits per heavy atom. The second kappa shape index (κ2) is 7.10. The van der Waals surface area contributed by atoms with Crippen LogP contribution in [0, 0.1) is 10.1 Å². The average molecular weight is 351 g/mol. The van der Waals surface area contributed by atoms with E-state index in [-0.39, 0.29) is 18.1 Å². The summed E-state index contributed by atoms with van der Waals surface area (Å²) in [5.74, 6) is -0.588. The first-order valence-corrected chi connectivity index (χ1v) is 11.2. The molecule has 9 heteroatoms. The first-order valence-electron chi connectivity index (χ1n) is 7.54. The number of fused-ring (bicyclic) bond motifs is 1. The molecule has 0 aliphatic carbocycles. The first-order chi connectivity index (χ1) is 11.2. The summed E-state index contributed by atoms with van der Waals surface area (Å²) in [6.45, 7) is 7.45. The lowest BCUT2D eigenvalue weighted by Gasteiger charge is -2.15. The van der Waals surface area contributed by atoms with Gasteiger partial charge in [-0.15, -0.1) is 0 Å². The molecule has 0 unspecified atom stereocenters. The molecule has 0 saturated heterocycles. The van der Waals surface area contributed by atoms with Gasteiger partial charge < -0.3 is 9.47 Å². The molecule has 0 atom stereocenters. The van der Waals surface area contributed by atoms with Crippen LogP contribution in [0.1, 0.15) is 10.5 Å². The van der Waals surface area contributed by atoms with Gasteiger partial charge in [0.2, 0.25) is 0 Å². The molecule has 1 aromatic heterocycles. The normalized spacial score (nSPS) is 11.7. The number of benzene rings is 1. The van der Waals surface area contributed by atoms with Crippen LogP contribution in [0.2, 0.25) is 25.7 Å². The SMILES string of the molecule is COC(=O)c1nn(COCC[Si](C)(C)C)c2cc([N+](=O)[O-])ccc12. The maximum absolute atomic E-state index is 11.9. The van der Waals surface area contributed by atoms with Crippen LogP contribution in [0.4, 0.5) is 5.69 Å². The summed E-state index contributed by atoms with van der Waals surface area (Å²) in [6.07, 6.45) is 0. The van der Waals surface area contributed by atoms with Crippen LogP contribution in [0.25, 0.3) is 10.9 Å². The van der Waals surface area contributed by atoms with Gasteiger partial charge in [-0.05, 0) is 12.1 Å². The Bertz CT molecular complexity index is 766. The fraction of sp³-hybridized carbons (Fsp3) is 0.467. The number of esters is 1. The van der Waals surface area contributed by atoms with E-state index in [0.29, 0.717) is 17.5 Å². The highest BCUT2D eigenvalue weighted by Crippen LogP contribution is 2.24. The summed E-state index contributed by atoms with van der Waals surface area (Å²) in [5.41, 5.74) is 0.524. The van der Waals surface area contributed by atoms with E-state index in [2.05, 4.69) is 24.7 Å². The zero-order chi connectivity index (χ0) is 17.9. The third kappa shape index (κ3) is 4.18. The van der Waals surface area contributed by atoms with Gasteiger partial charge in [0.1, 0.15) is 6.73 Å². The van der Waals surface area contributed by atoms with Crippen molar-refractivity contribution in [2.24, 2.45) is 0 Å². The third-order valence-electron chi connectivity index (χ3n) is 3.53. The number of hydrogen-bond acceptors (Lipinski definition) is 6. The van der Waals surface area contributed by atoms with Crippen molar-refractivity contribution in [3.05, 3.63) is 34.0 Å². The van der Waals surface area contributed by atoms with Crippen molar-refractivity contribution >= 4 is 30.6 Å². The molecule has 0 spiro atoms. The first kappa shape index (κ1) is 18.1. The Morgan fingerprint density at radius 2 is 2.08 bits per heavy atom. The topological polar surface area (TPSA) is 96.5 Å². The Hall–Kier alpha value is -2.26. The predicted molar refractivity (Wildman–Crippen MR) is 91.8 cm³/mol. The van der Waals surface area contributed by atoms with E-state index in [9.17, 15) is 14.9 Å². The van der Waals surface area contributed by atoms with Crippen molar-refractivity contribution in [2.45, 2.75) is 32.4 Å². The second-order valence-electron chi connectivity index (χ2n) is 6.65. The fourth-order valence-corrected chi connectivity index (χ4v) is 2.91. The Labute approximate surface area is 140 Å². The third-order valence-corrected chi connectivity index (χ3v) is 5.24. The van der Waals surface area contributed by atoms with Crippen LogP contribution in [0.3, 0.4) is 0 Å². The Balaban J connectivity index is 2.31. The average Bonchev–Trinajstić information content (AvgIpc) is 2.88. The highest BCUT2D eigenvalue weighted by Gasteiger charge is 2.20. The molecule has 8 nitrogen and oxygen atoms in total. The minimum absolute atomic E-state index is 0.0674. The smallest absolute Gasteiger partial charge is 0.359 e. The fourth-order valence-electron chi connectivity index (χ4n) is 2.15. The van der Waals surface area contributed by atoms with Crippen LogP contribution in [-0.4, -0.2) is 42.5 Å². The number of carbonyl (C=O) groups excluding carboxylic acids is 1. The zero-order valence-electron chi connectivity index (χ0n) is 14.2. The number of rotatable bonds is 7. The maximum atomic E-state index is 11.9. The lowest BCUT2D eigenvalue weighted by Crippen LogP contribution is -2.22. The van der Waals surface area contributed by atoms with Crippen molar-refractivity contribution in [1.29, 1.82) is 0 Å². The highest BCUT2D eigenvalue weighted by atomic mass is 28.3. The summed E-state index contributed by atoms with van der Waals surface area (Å²) in [6, 6.07) is 5.23. The Kier molecular flexibility index (Phi) is 5.35. The van der Waals surface area contributed by atoms with Gasteiger partial charge in [-0.1, -0.05) is 19.6 Å². The van der Waals surface area contributed by atoms with E-state index < -0.39 is 19.0 Å². The summed E-state index contributed by atoms with van der Waals surface area (Å²) >= 11 is 0. The maximum Gasteiger partial charge on any atom is 0.359 e. The molecule has 1 heterocycles. The highest BCUT2D eigenvalue weighted by molar-refractivity contribution is 6.76. The number of hydrogen-bond donors (Lipinski definition) is 0. The number of methoxy groups -OCH3 is 1. The van der Waals surface area contributed by atoms with Crippen LogP contribution in [0.5, 0.6) is 0 Å². The van der Waals surface area contributed by atoms with Gasteiger partial charge in [-0.2, -0.15) is 5.10 Å². The number of aromatic nitrogens is 2. The van der Waals surface area contributed by atoms with Crippen molar-refractivity contribution in [1.82, 2.24) is 9.78 Å². The lowest BCUT2D eigenvalue weighted by molar-refractivity contribution is -0.384. The molecule has 0 radical (unpaired) electrons. The van der Waals surface area contributed by atoms with Crippen LogP contribution in [0.15, 0.2) is 18.2 Å². The molecule has 2 rings (SSSR count). The summed E-state index contributed by atoms with van der Waals surface area (Å²) in [7, 11) is 0.0574. The number of nitro groups is 1. The van der Waals surface area contributed by atoms with Crippen molar-refractivity contribution < 1.29 is 19.2 Å². The second-order valence-corrected chi connectivity index (χ2v) is 12.3. The van der Waals surface area contributed by atoms with E-state index in [4.69, 9.17) is 9.47 Å². The van der Waals surface area contributed by atoms with E-state index in [1.165, 1.54) is 30.0 Å². The monoisotopic (exact) mass is 351 g/mol. The molecule has 2 aromatic rings. The van der Waals surface area contributed by atoms with Gasteiger partial charge >= 0.3 is 5.97 Å². The molecule has 0 N–H and O–H groups in total. The number of non-ortho nitro benzene ring substituents is 1. The van der Waals surface area contributed by atoms with Crippen molar-refractivity contribution in [3.8, 4) is 0 Å². The van der Waals surface area contributed by atoms with E-state index >= 15 is 0 Å². The lowest BCUT2D eigenvalue weighted by atomic mass is 10.2. The summed E-state index contributed by atoms with van der Waals surface area (Å²) in [4.78, 5) is 22.3. The molecule has 0 amide bonds. The molecule has 1 aromatic carbocycles. The minimum Gasteiger partial charge on any atom is -0.464 e. The number of carbonyl (C=O) groups is 1. The molecular formula is C15H21N3O5Si. The molecule has 130 valence electrons. The van der Waals surface area contributed by atoms with E-state index in [1.807, 2.05) is 0 Å². The molecular weight excluding hydrogens is 330 g/mol. The number of nitro benzene ring substituents is 1.